The summed E-state index contributed by atoms with van der Waals surface area (Å²) in [7, 11) is 0. The molecule has 0 spiro atoms. The summed E-state index contributed by atoms with van der Waals surface area (Å²) in [5, 5.41) is 1.16. The molecular formula is C21H26N4O. The van der Waals surface area contributed by atoms with Gasteiger partial charge >= 0.3 is 0 Å². The lowest BCUT2D eigenvalue weighted by Crippen LogP contribution is -2.31. The van der Waals surface area contributed by atoms with Crippen LogP contribution in [-0.2, 0) is 6.54 Å². The third-order valence-electron chi connectivity index (χ3n) is 5.32. The minimum atomic E-state index is 0.859. The van der Waals surface area contributed by atoms with E-state index in [0.717, 1.165) is 67.5 Å². The Kier molecular flexibility index (Phi) is 4.64. The van der Waals surface area contributed by atoms with Crippen molar-refractivity contribution in [1.29, 1.82) is 0 Å². The van der Waals surface area contributed by atoms with Gasteiger partial charge in [0.25, 0.3) is 0 Å². The molecule has 3 heterocycles. The molecular weight excluding hydrogens is 324 g/mol. The number of aryl methyl sites for hydroxylation is 3. The lowest BCUT2D eigenvalue weighted by molar-refractivity contribution is 0.260. The minimum absolute atomic E-state index is 0.859. The average molecular weight is 350 g/mol. The van der Waals surface area contributed by atoms with E-state index in [1.807, 2.05) is 12.1 Å². The van der Waals surface area contributed by atoms with Crippen LogP contribution in [-0.4, -0.2) is 41.0 Å². The van der Waals surface area contributed by atoms with E-state index in [1.54, 1.807) is 6.26 Å². The predicted molar refractivity (Wildman–Crippen MR) is 105 cm³/mol. The van der Waals surface area contributed by atoms with Gasteiger partial charge in [-0.2, -0.15) is 0 Å². The Morgan fingerprint density at radius 1 is 1.00 bits per heavy atom. The molecule has 1 aliphatic rings. The number of aromatic nitrogens is 2. The summed E-state index contributed by atoms with van der Waals surface area (Å²) in [5.41, 5.74) is 4.68. The van der Waals surface area contributed by atoms with Crippen LogP contribution >= 0.6 is 0 Å². The van der Waals surface area contributed by atoms with Crippen LogP contribution in [0.2, 0.25) is 0 Å². The zero-order chi connectivity index (χ0) is 18.1. The Labute approximate surface area is 154 Å². The zero-order valence-corrected chi connectivity index (χ0v) is 15.8. The van der Waals surface area contributed by atoms with E-state index in [4.69, 9.17) is 14.4 Å². The predicted octanol–water partition coefficient (Wildman–Crippen LogP) is 3.86. The number of nitrogens with zero attached hydrogens (tertiary/aromatic N) is 4. The maximum atomic E-state index is 5.49. The van der Waals surface area contributed by atoms with Crippen molar-refractivity contribution >= 4 is 16.9 Å². The third-order valence-corrected chi connectivity index (χ3v) is 5.32. The number of hydrogen-bond donors (Lipinski definition) is 0. The van der Waals surface area contributed by atoms with Crippen LogP contribution in [0.3, 0.4) is 0 Å². The van der Waals surface area contributed by atoms with Gasteiger partial charge in [-0.25, -0.2) is 9.97 Å². The van der Waals surface area contributed by atoms with E-state index in [1.165, 1.54) is 11.1 Å². The molecule has 1 saturated heterocycles. The fraction of sp³-hybridized carbons (Fsp3) is 0.429. The van der Waals surface area contributed by atoms with E-state index >= 15 is 0 Å². The highest BCUT2D eigenvalue weighted by molar-refractivity contribution is 5.83. The molecule has 1 aromatic carbocycles. The van der Waals surface area contributed by atoms with Crippen LogP contribution in [0.4, 0.5) is 5.95 Å². The molecule has 26 heavy (non-hydrogen) atoms. The zero-order valence-electron chi connectivity index (χ0n) is 15.8. The van der Waals surface area contributed by atoms with Gasteiger partial charge in [0.2, 0.25) is 5.95 Å². The van der Waals surface area contributed by atoms with Crippen molar-refractivity contribution < 1.29 is 4.42 Å². The number of rotatable bonds is 3. The Bertz CT molecular complexity index is 904. The molecule has 0 saturated carbocycles. The van der Waals surface area contributed by atoms with Gasteiger partial charge in [0.05, 0.1) is 24.0 Å². The van der Waals surface area contributed by atoms with Gasteiger partial charge in [-0.15, -0.1) is 0 Å². The summed E-state index contributed by atoms with van der Waals surface area (Å²) in [6.45, 7) is 11.2. The molecule has 1 fully saturated rings. The first kappa shape index (κ1) is 17.0. The van der Waals surface area contributed by atoms with E-state index < -0.39 is 0 Å². The molecule has 5 heteroatoms. The first-order valence-electron chi connectivity index (χ1n) is 9.35. The molecule has 5 nitrogen and oxygen atoms in total. The third kappa shape index (κ3) is 3.44. The summed E-state index contributed by atoms with van der Waals surface area (Å²) in [6, 6.07) is 8.39. The normalized spacial score (nSPS) is 16.2. The molecule has 3 aromatic rings. The first-order chi connectivity index (χ1) is 12.6. The molecule has 2 aromatic heterocycles. The second-order valence-electron chi connectivity index (χ2n) is 7.26. The Morgan fingerprint density at radius 3 is 2.65 bits per heavy atom. The number of hydrogen-bond acceptors (Lipinski definition) is 5. The Balaban J connectivity index is 1.54. The maximum absolute atomic E-state index is 5.49. The summed E-state index contributed by atoms with van der Waals surface area (Å²) in [6.07, 6.45) is 2.85. The summed E-state index contributed by atoms with van der Waals surface area (Å²) < 4.78 is 5.49. The monoisotopic (exact) mass is 350 g/mol. The highest BCUT2D eigenvalue weighted by atomic mass is 16.3. The standard InChI is InChI=1S/C21H26N4O/c1-15-12-19-17(3)22-21(23-20(19)13-16(15)2)25-8-5-7-24(9-10-25)14-18-6-4-11-26-18/h4,6,11-13H,5,7-10,14H2,1-3H3. The van der Waals surface area contributed by atoms with Crippen molar-refractivity contribution in [3.8, 4) is 0 Å². The van der Waals surface area contributed by atoms with Crippen LogP contribution in [0.5, 0.6) is 0 Å². The SMILES string of the molecule is Cc1cc2nc(N3CCCN(Cc4ccco4)CC3)nc(C)c2cc1C. The van der Waals surface area contributed by atoms with Crippen LogP contribution in [0, 0.1) is 20.8 Å². The number of fused-ring (bicyclic) bond motifs is 1. The molecule has 0 unspecified atom stereocenters. The van der Waals surface area contributed by atoms with Gasteiger partial charge in [-0.05, 0) is 62.6 Å². The molecule has 0 bridgehead atoms. The topological polar surface area (TPSA) is 45.4 Å². The molecule has 1 aliphatic heterocycles. The van der Waals surface area contributed by atoms with E-state index in [0.29, 0.717) is 0 Å². The Hall–Kier alpha value is -2.40. The molecule has 0 N–H and O–H groups in total. The van der Waals surface area contributed by atoms with E-state index in [-0.39, 0.29) is 0 Å². The highest BCUT2D eigenvalue weighted by Gasteiger charge is 2.19. The second kappa shape index (κ2) is 7.08. The van der Waals surface area contributed by atoms with Gasteiger partial charge in [0.1, 0.15) is 5.76 Å². The van der Waals surface area contributed by atoms with E-state index in [9.17, 15) is 0 Å². The van der Waals surface area contributed by atoms with Crippen molar-refractivity contribution in [1.82, 2.24) is 14.9 Å². The second-order valence-corrected chi connectivity index (χ2v) is 7.26. The highest BCUT2D eigenvalue weighted by Crippen LogP contribution is 2.23. The Morgan fingerprint density at radius 2 is 1.85 bits per heavy atom. The lowest BCUT2D eigenvalue weighted by Gasteiger charge is -2.22. The number of furan rings is 1. The van der Waals surface area contributed by atoms with Crippen LogP contribution in [0.25, 0.3) is 10.9 Å². The number of benzene rings is 1. The van der Waals surface area contributed by atoms with Crippen molar-refractivity contribution in [2.75, 3.05) is 31.1 Å². The van der Waals surface area contributed by atoms with Gasteiger partial charge in [-0.3, -0.25) is 4.90 Å². The molecule has 0 amide bonds. The quantitative estimate of drug-likeness (QED) is 0.718. The van der Waals surface area contributed by atoms with Gasteiger partial charge in [-0.1, -0.05) is 0 Å². The molecule has 136 valence electrons. The molecule has 0 atom stereocenters. The van der Waals surface area contributed by atoms with Crippen molar-refractivity contribution in [2.45, 2.75) is 33.7 Å². The minimum Gasteiger partial charge on any atom is -0.468 e. The van der Waals surface area contributed by atoms with E-state index in [2.05, 4.69) is 42.7 Å². The molecule has 0 radical (unpaired) electrons. The molecule has 0 aliphatic carbocycles. The summed E-state index contributed by atoms with van der Waals surface area (Å²) in [5.74, 6) is 1.89. The van der Waals surface area contributed by atoms with Gasteiger partial charge in [0, 0.05) is 31.6 Å². The fourth-order valence-corrected chi connectivity index (χ4v) is 3.62. The smallest absolute Gasteiger partial charge is 0.226 e. The first-order valence-corrected chi connectivity index (χ1v) is 9.35. The summed E-state index contributed by atoms with van der Waals surface area (Å²) >= 11 is 0. The largest absolute Gasteiger partial charge is 0.468 e. The maximum Gasteiger partial charge on any atom is 0.226 e. The average Bonchev–Trinajstić information content (AvgIpc) is 3.01. The van der Waals surface area contributed by atoms with Crippen LogP contribution < -0.4 is 4.90 Å². The van der Waals surface area contributed by atoms with Crippen molar-refractivity contribution in [3.63, 3.8) is 0 Å². The van der Waals surface area contributed by atoms with Gasteiger partial charge in [0.15, 0.2) is 0 Å². The number of anilines is 1. The van der Waals surface area contributed by atoms with Crippen LogP contribution in [0.15, 0.2) is 34.9 Å². The van der Waals surface area contributed by atoms with Crippen molar-refractivity contribution in [2.24, 2.45) is 0 Å². The van der Waals surface area contributed by atoms with Crippen molar-refractivity contribution in [3.05, 3.63) is 53.1 Å². The summed E-state index contributed by atoms with van der Waals surface area (Å²) in [4.78, 5) is 14.5. The molecule has 4 rings (SSSR count). The van der Waals surface area contributed by atoms with Crippen LogP contribution in [0.1, 0.15) is 29.0 Å². The fourth-order valence-electron chi connectivity index (χ4n) is 3.62. The van der Waals surface area contributed by atoms with Gasteiger partial charge < -0.3 is 9.32 Å². The lowest BCUT2D eigenvalue weighted by atomic mass is 10.1.